The maximum Gasteiger partial charge on any atom is 0.256 e. The van der Waals surface area contributed by atoms with Crippen LogP contribution in [0.3, 0.4) is 0 Å². The molecule has 1 saturated heterocycles. The lowest BCUT2D eigenvalue weighted by molar-refractivity contribution is 0.102. The predicted octanol–water partition coefficient (Wildman–Crippen LogP) is 2.32. The van der Waals surface area contributed by atoms with Crippen LogP contribution in [0.5, 0.6) is 5.75 Å². The van der Waals surface area contributed by atoms with Gasteiger partial charge in [0.1, 0.15) is 17.4 Å². The molecule has 0 radical (unpaired) electrons. The van der Waals surface area contributed by atoms with Gasteiger partial charge in [-0.3, -0.25) is 4.79 Å². The molecule has 1 aromatic heterocycles. The summed E-state index contributed by atoms with van der Waals surface area (Å²) >= 11 is 0. The van der Waals surface area contributed by atoms with Crippen LogP contribution >= 0.6 is 0 Å². The monoisotopic (exact) mass is 356 g/mol. The molecule has 26 heavy (non-hydrogen) atoms. The minimum absolute atomic E-state index is 0.129. The number of amides is 1. The van der Waals surface area contributed by atoms with Gasteiger partial charge in [-0.1, -0.05) is 0 Å². The molecule has 7 nitrogen and oxygen atoms in total. The number of morpholine rings is 1. The van der Waals surface area contributed by atoms with E-state index in [9.17, 15) is 4.79 Å². The zero-order valence-electron chi connectivity index (χ0n) is 15.0. The highest BCUT2D eigenvalue weighted by atomic mass is 16.5. The zero-order valence-corrected chi connectivity index (χ0v) is 15.0. The highest BCUT2D eigenvalue weighted by Crippen LogP contribution is 2.30. The molecule has 7 heteroatoms. The number of hydrogen-bond acceptors (Lipinski definition) is 5. The quantitative estimate of drug-likeness (QED) is 0.910. The lowest BCUT2D eigenvalue weighted by atomic mass is 10.1. The molecular formula is C19H24N4O3. The van der Waals surface area contributed by atoms with E-state index in [1.165, 1.54) is 0 Å². The van der Waals surface area contributed by atoms with Crippen molar-refractivity contribution in [3.63, 3.8) is 0 Å². The van der Waals surface area contributed by atoms with E-state index in [1.807, 2.05) is 12.1 Å². The van der Waals surface area contributed by atoms with Crippen molar-refractivity contribution in [1.82, 2.24) is 9.55 Å². The third-order valence-electron chi connectivity index (χ3n) is 5.00. The molecule has 0 unspecified atom stereocenters. The Balaban J connectivity index is 1.57. The van der Waals surface area contributed by atoms with Crippen molar-refractivity contribution in [3.05, 3.63) is 35.8 Å². The van der Waals surface area contributed by atoms with Gasteiger partial charge in [0.2, 0.25) is 0 Å². The molecule has 4 rings (SSSR count). The molecule has 138 valence electrons. The molecule has 2 aliphatic rings. The minimum Gasteiger partial charge on any atom is -0.495 e. The maximum atomic E-state index is 12.8. The van der Waals surface area contributed by atoms with E-state index in [4.69, 9.17) is 9.47 Å². The zero-order chi connectivity index (χ0) is 17.9. The summed E-state index contributed by atoms with van der Waals surface area (Å²) in [4.78, 5) is 19.4. The first-order chi connectivity index (χ1) is 12.8. The summed E-state index contributed by atoms with van der Waals surface area (Å²) in [5, 5.41) is 3.01. The van der Waals surface area contributed by atoms with Gasteiger partial charge in [-0.05, 0) is 31.0 Å². The molecule has 2 aliphatic heterocycles. The average Bonchev–Trinajstić information content (AvgIpc) is 3.11. The number of anilines is 2. The minimum atomic E-state index is -0.129. The first-order valence-corrected chi connectivity index (χ1v) is 9.13. The second kappa shape index (κ2) is 7.37. The molecule has 0 spiro atoms. The van der Waals surface area contributed by atoms with Gasteiger partial charge in [-0.2, -0.15) is 0 Å². The Morgan fingerprint density at radius 1 is 1.23 bits per heavy atom. The summed E-state index contributed by atoms with van der Waals surface area (Å²) in [6, 6.07) is 5.55. The number of aromatic nitrogens is 2. The second-order valence-corrected chi connectivity index (χ2v) is 6.61. The van der Waals surface area contributed by atoms with Crippen molar-refractivity contribution in [1.29, 1.82) is 0 Å². The van der Waals surface area contributed by atoms with E-state index in [-0.39, 0.29) is 5.91 Å². The van der Waals surface area contributed by atoms with Crippen molar-refractivity contribution in [2.75, 3.05) is 43.6 Å². The van der Waals surface area contributed by atoms with Crippen molar-refractivity contribution >= 4 is 17.4 Å². The largest absolute Gasteiger partial charge is 0.495 e. The summed E-state index contributed by atoms with van der Waals surface area (Å²) in [7, 11) is 1.65. The Bertz CT molecular complexity index is 796. The number of carbonyl (C=O) groups excluding carboxylic acids is 1. The molecule has 0 saturated carbocycles. The normalized spacial score (nSPS) is 16.9. The van der Waals surface area contributed by atoms with Gasteiger partial charge in [0.25, 0.3) is 5.91 Å². The summed E-state index contributed by atoms with van der Waals surface area (Å²) in [5.41, 5.74) is 1.54. The number of fused-ring (bicyclic) bond motifs is 1. The predicted molar refractivity (Wildman–Crippen MR) is 99.1 cm³/mol. The van der Waals surface area contributed by atoms with Crippen LogP contribution in [0.15, 0.2) is 24.4 Å². The van der Waals surface area contributed by atoms with E-state index < -0.39 is 0 Å². The maximum absolute atomic E-state index is 12.8. The van der Waals surface area contributed by atoms with Crippen LogP contribution in [-0.4, -0.2) is 48.9 Å². The highest BCUT2D eigenvalue weighted by molar-refractivity contribution is 6.04. The lowest BCUT2D eigenvalue weighted by Crippen LogP contribution is -2.36. The van der Waals surface area contributed by atoms with Crippen LogP contribution in [0.25, 0.3) is 0 Å². The number of rotatable bonds is 4. The fourth-order valence-corrected chi connectivity index (χ4v) is 3.59. The standard InChI is InChI=1S/C19H24N4O3/c1-25-16-6-5-14(12-15(16)22-8-10-26-11-9-22)19(24)21-18-13-20-17-4-2-3-7-23(17)18/h5-6,12-13H,2-4,7-11H2,1H3,(H,21,24). The Morgan fingerprint density at radius 2 is 2.08 bits per heavy atom. The number of imidazole rings is 1. The van der Waals surface area contributed by atoms with E-state index in [0.717, 1.165) is 62.0 Å². The molecular weight excluding hydrogens is 332 g/mol. The average molecular weight is 356 g/mol. The SMILES string of the molecule is COc1ccc(C(=O)Nc2cnc3n2CCCC3)cc1N1CCOCC1. The number of methoxy groups -OCH3 is 1. The van der Waals surface area contributed by atoms with Gasteiger partial charge in [0.05, 0.1) is 32.2 Å². The van der Waals surface area contributed by atoms with Crippen molar-refractivity contribution < 1.29 is 14.3 Å². The number of aryl methyl sites for hydroxylation is 1. The Kier molecular flexibility index (Phi) is 4.79. The van der Waals surface area contributed by atoms with E-state index in [0.29, 0.717) is 18.8 Å². The van der Waals surface area contributed by atoms with Crippen molar-refractivity contribution in [3.8, 4) is 5.75 Å². The van der Waals surface area contributed by atoms with Crippen LogP contribution < -0.4 is 15.0 Å². The molecule has 1 aromatic carbocycles. The van der Waals surface area contributed by atoms with Gasteiger partial charge in [0.15, 0.2) is 0 Å². The van der Waals surface area contributed by atoms with Crippen LogP contribution in [-0.2, 0) is 17.7 Å². The third kappa shape index (κ3) is 3.26. The Morgan fingerprint density at radius 3 is 2.88 bits per heavy atom. The molecule has 0 aliphatic carbocycles. The van der Waals surface area contributed by atoms with Crippen LogP contribution in [0.2, 0.25) is 0 Å². The van der Waals surface area contributed by atoms with Crippen LogP contribution in [0.1, 0.15) is 29.0 Å². The topological polar surface area (TPSA) is 68.6 Å². The number of ether oxygens (including phenoxy) is 2. The van der Waals surface area contributed by atoms with Gasteiger partial charge in [-0.25, -0.2) is 4.98 Å². The van der Waals surface area contributed by atoms with Gasteiger partial charge in [-0.15, -0.1) is 0 Å². The smallest absolute Gasteiger partial charge is 0.256 e. The number of carbonyl (C=O) groups is 1. The molecule has 0 atom stereocenters. The Labute approximate surface area is 152 Å². The second-order valence-electron chi connectivity index (χ2n) is 6.61. The lowest BCUT2D eigenvalue weighted by Gasteiger charge is -2.30. The van der Waals surface area contributed by atoms with Crippen LogP contribution in [0.4, 0.5) is 11.5 Å². The highest BCUT2D eigenvalue weighted by Gasteiger charge is 2.20. The van der Waals surface area contributed by atoms with Crippen LogP contribution in [0, 0.1) is 0 Å². The van der Waals surface area contributed by atoms with Crippen molar-refractivity contribution in [2.45, 2.75) is 25.8 Å². The van der Waals surface area contributed by atoms with E-state index >= 15 is 0 Å². The Hall–Kier alpha value is -2.54. The van der Waals surface area contributed by atoms with Crippen molar-refractivity contribution in [2.24, 2.45) is 0 Å². The van der Waals surface area contributed by atoms with E-state index in [2.05, 4.69) is 19.8 Å². The summed E-state index contributed by atoms with van der Waals surface area (Å²) < 4.78 is 13.0. The number of nitrogens with zero attached hydrogens (tertiary/aromatic N) is 3. The first-order valence-electron chi connectivity index (χ1n) is 9.13. The molecule has 3 heterocycles. The first kappa shape index (κ1) is 16.9. The fourth-order valence-electron chi connectivity index (χ4n) is 3.59. The van der Waals surface area contributed by atoms with Gasteiger partial charge in [0, 0.05) is 31.6 Å². The molecule has 0 bridgehead atoms. The molecule has 1 N–H and O–H groups in total. The molecule has 2 aromatic rings. The summed E-state index contributed by atoms with van der Waals surface area (Å²) in [6.07, 6.45) is 5.01. The summed E-state index contributed by atoms with van der Waals surface area (Å²) in [6.45, 7) is 3.85. The molecule has 1 fully saturated rings. The van der Waals surface area contributed by atoms with Gasteiger partial charge < -0.3 is 24.3 Å². The third-order valence-corrected chi connectivity index (χ3v) is 5.00. The van der Waals surface area contributed by atoms with E-state index in [1.54, 1.807) is 19.4 Å². The number of nitrogens with one attached hydrogen (secondary N) is 1. The molecule has 1 amide bonds. The number of benzene rings is 1. The van der Waals surface area contributed by atoms with Gasteiger partial charge >= 0.3 is 0 Å². The summed E-state index contributed by atoms with van der Waals surface area (Å²) in [5.74, 6) is 2.46. The number of hydrogen-bond donors (Lipinski definition) is 1. The fraction of sp³-hybridized carbons (Fsp3) is 0.474.